The van der Waals surface area contributed by atoms with Crippen LogP contribution in [0.2, 0.25) is 0 Å². The summed E-state index contributed by atoms with van der Waals surface area (Å²) in [6, 6.07) is -1.17. The molecule has 1 amide bonds. The Kier molecular flexibility index (Phi) is 9.02. The molecule has 0 radical (unpaired) electrons. The fourth-order valence-corrected chi connectivity index (χ4v) is 2.65. The minimum absolute atomic E-state index is 0.367. The fraction of sp³-hybridized carbons (Fsp3) is 0.722. The largest absolute Gasteiger partial charge is 0.463 e. The van der Waals surface area contributed by atoms with Crippen molar-refractivity contribution in [1.82, 2.24) is 5.32 Å². The molecular formula is C18H27NO10. The summed E-state index contributed by atoms with van der Waals surface area (Å²) in [4.78, 5) is 58.3. The first-order valence-corrected chi connectivity index (χ1v) is 9.03. The number of carbonyl (C=O) groups is 5. The first-order chi connectivity index (χ1) is 13.4. The number of carbonyl (C=O) groups excluding carboxylic acids is 5. The van der Waals surface area contributed by atoms with E-state index in [4.69, 9.17) is 23.7 Å². The molecule has 0 aliphatic carbocycles. The monoisotopic (exact) mass is 417 g/mol. The van der Waals surface area contributed by atoms with Gasteiger partial charge in [0.2, 0.25) is 12.2 Å². The van der Waals surface area contributed by atoms with Crippen molar-refractivity contribution in [2.75, 3.05) is 6.61 Å². The van der Waals surface area contributed by atoms with Gasteiger partial charge < -0.3 is 29.0 Å². The van der Waals surface area contributed by atoms with Crippen LogP contribution >= 0.6 is 0 Å². The quantitative estimate of drug-likeness (QED) is 0.438. The predicted molar refractivity (Wildman–Crippen MR) is 94.9 cm³/mol. The molecule has 0 spiro atoms. The molecule has 0 bridgehead atoms. The molecular weight excluding hydrogens is 390 g/mol. The summed E-state index contributed by atoms with van der Waals surface area (Å²) >= 11 is 0. The van der Waals surface area contributed by atoms with Crippen LogP contribution in [0.5, 0.6) is 0 Å². The van der Waals surface area contributed by atoms with Crippen molar-refractivity contribution >= 4 is 29.8 Å². The number of esters is 4. The SMILES string of the molecule is CC(=O)OC[C@@H]1O[C@H](OC(C)=O)[C@@H](NC(=O)C(C)C)[C@H](OC(C)=O)[C@@H]1OC(C)=O. The van der Waals surface area contributed by atoms with Gasteiger partial charge in [-0.1, -0.05) is 13.8 Å². The van der Waals surface area contributed by atoms with Gasteiger partial charge in [-0.15, -0.1) is 0 Å². The van der Waals surface area contributed by atoms with Crippen LogP contribution in [0.25, 0.3) is 0 Å². The van der Waals surface area contributed by atoms with E-state index < -0.39 is 66.3 Å². The van der Waals surface area contributed by atoms with Gasteiger partial charge in [-0.3, -0.25) is 24.0 Å². The summed E-state index contributed by atoms with van der Waals surface area (Å²) in [5.41, 5.74) is 0. The first-order valence-electron chi connectivity index (χ1n) is 9.03. The van der Waals surface area contributed by atoms with Gasteiger partial charge in [0, 0.05) is 33.6 Å². The second-order valence-corrected chi connectivity index (χ2v) is 6.79. The maximum atomic E-state index is 12.3. The smallest absolute Gasteiger partial charge is 0.305 e. The highest BCUT2D eigenvalue weighted by molar-refractivity contribution is 5.78. The third kappa shape index (κ3) is 7.68. The topological polar surface area (TPSA) is 144 Å². The Bertz CT molecular complexity index is 647. The standard InChI is InChI=1S/C18H27NO10/c1-8(2)17(24)19-14-16(27-11(5)22)15(26-10(4)21)13(7-25-9(3)20)29-18(14)28-12(6)23/h8,13-16,18H,7H2,1-6H3,(H,19,24)/t13-,14-,15+,16-,18-/m0/s1. The van der Waals surface area contributed by atoms with E-state index in [0.29, 0.717) is 0 Å². The number of amides is 1. The Balaban J connectivity index is 3.34. The highest BCUT2D eigenvalue weighted by atomic mass is 16.7. The third-order valence-electron chi connectivity index (χ3n) is 3.82. The van der Waals surface area contributed by atoms with Crippen LogP contribution in [0.1, 0.15) is 41.5 Å². The molecule has 0 aromatic rings. The number of nitrogens with one attached hydrogen (secondary N) is 1. The van der Waals surface area contributed by atoms with E-state index in [1.54, 1.807) is 13.8 Å². The van der Waals surface area contributed by atoms with Crippen molar-refractivity contribution in [1.29, 1.82) is 0 Å². The van der Waals surface area contributed by atoms with Gasteiger partial charge in [-0.05, 0) is 0 Å². The highest BCUT2D eigenvalue weighted by Gasteiger charge is 2.52. The second-order valence-electron chi connectivity index (χ2n) is 6.79. The van der Waals surface area contributed by atoms with Crippen LogP contribution in [-0.4, -0.2) is 67.0 Å². The van der Waals surface area contributed by atoms with Crippen molar-refractivity contribution in [3.05, 3.63) is 0 Å². The maximum absolute atomic E-state index is 12.3. The molecule has 164 valence electrons. The molecule has 1 saturated heterocycles. The van der Waals surface area contributed by atoms with E-state index in [9.17, 15) is 24.0 Å². The number of hydrogen-bond donors (Lipinski definition) is 1. The summed E-state index contributed by atoms with van der Waals surface area (Å²) in [5.74, 6) is -3.69. The zero-order valence-corrected chi connectivity index (χ0v) is 17.3. The van der Waals surface area contributed by atoms with Crippen LogP contribution in [0, 0.1) is 5.92 Å². The summed E-state index contributed by atoms with van der Waals surface area (Å²) in [5, 5.41) is 2.60. The Hall–Kier alpha value is -2.69. The molecule has 0 saturated carbocycles. The molecule has 29 heavy (non-hydrogen) atoms. The van der Waals surface area contributed by atoms with E-state index in [1.165, 1.54) is 6.92 Å². The van der Waals surface area contributed by atoms with Crippen LogP contribution in [0.4, 0.5) is 0 Å². The minimum atomic E-state index is -1.38. The van der Waals surface area contributed by atoms with E-state index >= 15 is 0 Å². The molecule has 5 atom stereocenters. The molecule has 1 N–H and O–H groups in total. The molecule has 1 fully saturated rings. The van der Waals surface area contributed by atoms with Crippen molar-refractivity contribution < 1.29 is 47.7 Å². The van der Waals surface area contributed by atoms with Crippen molar-refractivity contribution in [2.45, 2.75) is 72.2 Å². The molecule has 1 aliphatic heterocycles. The lowest BCUT2D eigenvalue weighted by Crippen LogP contribution is -2.67. The lowest BCUT2D eigenvalue weighted by molar-refractivity contribution is -0.271. The first kappa shape index (κ1) is 24.3. The van der Waals surface area contributed by atoms with Crippen LogP contribution in [-0.2, 0) is 47.7 Å². The molecule has 11 heteroatoms. The average Bonchev–Trinajstić information content (AvgIpc) is 2.56. The van der Waals surface area contributed by atoms with Crippen molar-refractivity contribution in [3.8, 4) is 0 Å². The highest BCUT2D eigenvalue weighted by Crippen LogP contribution is 2.28. The zero-order valence-electron chi connectivity index (χ0n) is 17.3. The molecule has 0 aromatic heterocycles. The summed E-state index contributed by atoms with van der Waals surface area (Å²) in [6.45, 7) is 7.46. The maximum Gasteiger partial charge on any atom is 0.305 e. The molecule has 0 aromatic carbocycles. The average molecular weight is 417 g/mol. The Morgan fingerprint density at radius 1 is 0.828 bits per heavy atom. The number of ether oxygens (including phenoxy) is 5. The van der Waals surface area contributed by atoms with Gasteiger partial charge >= 0.3 is 23.9 Å². The zero-order chi connectivity index (χ0) is 22.3. The van der Waals surface area contributed by atoms with Crippen molar-refractivity contribution in [3.63, 3.8) is 0 Å². The molecule has 1 heterocycles. The van der Waals surface area contributed by atoms with E-state index in [1.807, 2.05) is 0 Å². The van der Waals surface area contributed by atoms with Gasteiger partial charge in [-0.25, -0.2) is 0 Å². The van der Waals surface area contributed by atoms with Gasteiger partial charge in [0.1, 0.15) is 18.8 Å². The normalized spacial score (nSPS) is 26.2. The Morgan fingerprint density at radius 3 is 1.79 bits per heavy atom. The summed E-state index contributed by atoms with van der Waals surface area (Å²) < 4.78 is 26.3. The Labute approximate surface area is 168 Å². The van der Waals surface area contributed by atoms with Crippen molar-refractivity contribution in [2.24, 2.45) is 5.92 Å². The second kappa shape index (κ2) is 10.7. The number of hydrogen-bond acceptors (Lipinski definition) is 10. The third-order valence-corrected chi connectivity index (χ3v) is 3.82. The minimum Gasteiger partial charge on any atom is -0.463 e. The van der Waals surface area contributed by atoms with E-state index in [-0.39, 0.29) is 6.61 Å². The Morgan fingerprint density at radius 2 is 1.34 bits per heavy atom. The predicted octanol–water partition coefficient (Wildman–Crippen LogP) is -0.158. The molecule has 11 nitrogen and oxygen atoms in total. The van der Waals surface area contributed by atoms with E-state index in [0.717, 1.165) is 20.8 Å². The lowest BCUT2D eigenvalue weighted by atomic mass is 9.95. The summed E-state index contributed by atoms with van der Waals surface area (Å²) in [6.07, 6.45) is -5.01. The van der Waals surface area contributed by atoms with Gasteiger partial charge in [0.15, 0.2) is 12.2 Å². The fourth-order valence-electron chi connectivity index (χ4n) is 2.65. The van der Waals surface area contributed by atoms with E-state index in [2.05, 4.69) is 5.32 Å². The number of rotatable bonds is 7. The summed E-state index contributed by atoms with van der Waals surface area (Å²) in [7, 11) is 0. The lowest BCUT2D eigenvalue weighted by Gasteiger charge is -2.44. The van der Waals surface area contributed by atoms with Gasteiger partial charge in [-0.2, -0.15) is 0 Å². The van der Waals surface area contributed by atoms with Crippen LogP contribution < -0.4 is 5.32 Å². The van der Waals surface area contributed by atoms with Gasteiger partial charge in [0.25, 0.3) is 0 Å². The van der Waals surface area contributed by atoms with Crippen LogP contribution in [0.3, 0.4) is 0 Å². The molecule has 1 aliphatic rings. The van der Waals surface area contributed by atoms with Gasteiger partial charge in [0.05, 0.1) is 0 Å². The van der Waals surface area contributed by atoms with Crippen LogP contribution in [0.15, 0.2) is 0 Å². The molecule has 0 unspecified atom stereocenters. The molecule has 1 rings (SSSR count).